The Morgan fingerprint density at radius 2 is 0.972 bits per heavy atom. The van der Waals surface area contributed by atoms with E-state index in [0.717, 1.165) is 38.5 Å². The first-order chi connectivity index (χ1) is 17.6. The fourth-order valence-electron chi connectivity index (χ4n) is 5.22. The number of carbonyl (C=O) groups is 1. The minimum Gasteiger partial charge on any atom is -0.426 e. The molecule has 1 aromatic rings. The lowest BCUT2D eigenvalue weighted by molar-refractivity contribution is -0.146. The van der Waals surface area contributed by atoms with Crippen LogP contribution in [-0.2, 0) is 11.2 Å². The Hall–Kier alpha value is -1.31. The summed E-state index contributed by atoms with van der Waals surface area (Å²) >= 11 is 0. The van der Waals surface area contributed by atoms with Crippen molar-refractivity contribution in [2.45, 2.75) is 169 Å². The third-order valence-corrected chi connectivity index (χ3v) is 7.83. The summed E-state index contributed by atoms with van der Waals surface area (Å²) in [7, 11) is 0. The molecule has 208 valence electrons. The largest absolute Gasteiger partial charge is 0.426 e. The Morgan fingerprint density at radius 3 is 1.36 bits per heavy atom. The predicted octanol–water partition coefficient (Wildman–Crippen LogP) is 11.4. The highest BCUT2D eigenvalue weighted by molar-refractivity contribution is 5.78. The van der Waals surface area contributed by atoms with Crippen LogP contribution in [0.1, 0.15) is 168 Å². The molecule has 0 heterocycles. The van der Waals surface area contributed by atoms with E-state index in [9.17, 15) is 4.79 Å². The zero-order valence-electron chi connectivity index (χ0n) is 24.7. The van der Waals surface area contributed by atoms with Gasteiger partial charge in [-0.3, -0.25) is 4.79 Å². The highest BCUT2D eigenvalue weighted by Crippen LogP contribution is 2.34. The first kappa shape index (κ1) is 32.7. The number of unbranched alkanes of at least 4 members (excludes halogenated alkanes) is 16. The fraction of sp³-hybridized carbons (Fsp3) is 0.794. The number of hydrogen-bond acceptors (Lipinski definition) is 2. The molecule has 1 atom stereocenters. The maximum absolute atomic E-state index is 13.4. The third kappa shape index (κ3) is 15.7. The molecule has 0 saturated heterocycles. The van der Waals surface area contributed by atoms with Gasteiger partial charge in [0.05, 0.1) is 5.41 Å². The van der Waals surface area contributed by atoms with Gasteiger partial charge < -0.3 is 4.74 Å². The van der Waals surface area contributed by atoms with Crippen molar-refractivity contribution >= 4 is 5.97 Å². The van der Waals surface area contributed by atoms with E-state index in [-0.39, 0.29) is 11.4 Å². The molecule has 0 aromatic heterocycles. The maximum Gasteiger partial charge on any atom is 0.317 e. The molecule has 0 saturated carbocycles. The van der Waals surface area contributed by atoms with Crippen LogP contribution in [-0.4, -0.2) is 5.97 Å². The minimum absolute atomic E-state index is 0.0235. The van der Waals surface area contributed by atoms with E-state index in [2.05, 4.69) is 39.8 Å². The number of ether oxygens (including phenoxy) is 1. The normalized spacial score (nSPS) is 13.0. The quantitative estimate of drug-likeness (QED) is 0.0801. The van der Waals surface area contributed by atoms with Crippen molar-refractivity contribution in [2.75, 3.05) is 0 Å². The van der Waals surface area contributed by atoms with Gasteiger partial charge in [0.2, 0.25) is 0 Å². The number of benzene rings is 1. The second-order valence-electron chi connectivity index (χ2n) is 11.5. The summed E-state index contributed by atoms with van der Waals surface area (Å²) in [6.45, 7) is 8.91. The molecule has 1 rings (SSSR count). The predicted molar refractivity (Wildman–Crippen MR) is 158 cm³/mol. The van der Waals surface area contributed by atoms with E-state index in [1.807, 2.05) is 12.1 Å². The monoisotopic (exact) mass is 500 g/mol. The molecule has 2 nitrogen and oxygen atoms in total. The average Bonchev–Trinajstić information content (AvgIpc) is 2.88. The Morgan fingerprint density at radius 1 is 0.583 bits per heavy atom. The lowest BCUT2D eigenvalue weighted by Crippen LogP contribution is -2.32. The van der Waals surface area contributed by atoms with Crippen LogP contribution in [0.3, 0.4) is 0 Å². The van der Waals surface area contributed by atoms with E-state index < -0.39 is 0 Å². The van der Waals surface area contributed by atoms with Crippen LogP contribution in [0.25, 0.3) is 0 Å². The van der Waals surface area contributed by atoms with Gasteiger partial charge in [-0.05, 0) is 43.9 Å². The van der Waals surface area contributed by atoms with Crippen LogP contribution in [0.5, 0.6) is 5.75 Å². The van der Waals surface area contributed by atoms with Gasteiger partial charge in [-0.2, -0.15) is 0 Å². The van der Waals surface area contributed by atoms with Gasteiger partial charge in [0.1, 0.15) is 5.75 Å². The van der Waals surface area contributed by atoms with Crippen LogP contribution in [0, 0.1) is 5.41 Å². The lowest BCUT2D eigenvalue weighted by Gasteiger charge is -2.27. The van der Waals surface area contributed by atoms with Crippen molar-refractivity contribution in [1.82, 2.24) is 0 Å². The molecule has 0 aliphatic heterocycles. The van der Waals surface area contributed by atoms with Crippen LogP contribution in [0.2, 0.25) is 0 Å². The minimum atomic E-state index is -0.371. The summed E-state index contributed by atoms with van der Waals surface area (Å²) in [5, 5.41) is 0. The second-order valence-corrected chi connectivity index (χ2v) is 11.5. The molecule has 1 unspecified atom stereocenters. The maximum atomic E-state index is 13.4. The van der Waals surface area contributed by atoms with Crippen LogP contribution < -0.4 is 4.74 Å². The molecule has 0 radical (unpaired) electrons. The smallest absolute Gasteiger partial charge is 0.317 e. The molecular formula is C34H60O2. The second kappa shape index (κ2) is 21.7. The van der Waals surface area contributed by atoms with Gasteiger partial charge in [0, 0.05) is 0 Å². The van der Waals surface area contributed by atoms with Gasteiger partial charge >= 0.3 is 5.97 Å². The summed E-state index contributed by atoms with van der Waals surface area (Å²) in [4.78, 5) is 13.4. The summed E-state index contributed by atoms with van der Waals surface area (Å²) in [6, 6.07) is 8.15. The Balaban J connectivity index is 2.48. The number of esters is 1. The van der Waals surface area contributed by atoms with Gasteiger partial charge in [0.15, 0.2) is 0 Å². The van der Waals surface area contributed by atoms with E-state index in [4.69, 9.17) is 4.74 Å². The van der Waals surface area contributed by atoms with Crippen molar-refractivity contribution in [2.24, 2.45) is 5.41 Å². The van der Waals surface area contributed by atoms with Gasteiger partial charge in [0.25, 0.3) is 0 Å². The average molecular weight is 501 g/mol. The first-order valence-corrected chi connectivity index (χ1v) is 15.9. The Bertz CT molecular complexity index is 635. The topological polar surface area (TPSA) is 26.3 Å². The molecule has 0 N–H and O–H groups in total. The molecule has 0 aliphatic carbocycles. The fourth-order valence-corrected chi connectivity index (χ4v) is 5.22. The van der Waals surface area contributed by atoms with Crippen LogP contribution in [0.4, 0.5) is 0 Å². The Labute approximate surface area is 225 Å². The molecule has 0 spiro atoms. The van der Waals surface area contributed by atoms with E-state index in [1.165, 1.54) is 108 Å². The molecule has 0 bridgehead atoms. The van der Waals surface area contributed by atoms with Gasteiger partial charge in [-0.25, -0.2) is 0 Å². The van der Waals surface area contributed by atoms with Gasteiger partial charge in [-0.15, -0.1) is 0 Å². The van der Waals surface area contributed by atoms with E-state index in [0.29, 0.717) is 5.75 Å². The van der Waals surface area contributed by atoms with E-state index >= 15 is 0 Å². The highest BCUT2D eigenvalue weighted by atomic mass is 16.5. The molecule has 0 aliphatic rings. The van der Waals surface area contributed by atoms with Crippen molar-refractivity contribution in [1.29, 1.82) is 0 Å². The standard InChI is InChI=1S/C34H60O2/c1-5-8-10-12-14-16-17-19-21-23-30-34(4,29-22-20-18-15-13-11-9-6-2)33(35)36-32-27-25-31(24-7-3)26-28-32/h25-28H,5-24,29-30H2,1-4H3. The SMILES string of the molecule is CCCCCCCCCCCCC(C)(CCCCCCCCCC)C(=O)Oc1ccc(CCC)cc1. The molecule has 2 heteroatoms. The summed E-state index contributed by atoms with van der Waals surface area (Å²) < 4.78 is 5.94. The molecule has 0 amide bonds. The van der Waals surface area contributed by atoms with Crippen molar-refractivity contribution in [3.8, 4) is 5.75 Å². The van der Waals surface area contributed by atoms with Crippen molar-refractivity contribution in [3.05, 3.63) is 29.8 Å². The first-order valence-electron chi connectivity index (χ1n) is 15.9. The third-order valence-electron chi connectivity index (χ3n) is 7.83. The highest BCUT2D eigenvalue weighted by Gasteiger charge is 2.34. The summed E-state index contributed by atoms with van der Waals surface area (Å²) in [5.41, 5.74) is 0.939. The number of carbonyl (C=O) groups excluding carboxylic acids is 1. The molecule has 36 heavy (non-hydrogen) atoms. The zero-order chi connectivity index (χ0) is 26.3. The van der Waals surface area contributed by atoms with Crippen LogP contribution in [0.15, 0.2) is 24.3 Å². The van der Waals surface area contributed by atoms with E-state index in [1.54, 1.807) is 0 Å². The van der Waals surface area contributed by atoms with Gasteiger partial charge in [-0.1, -0.05) is 155 Å². The number of hydrogen-bond donors (Lipinski definition) is 0. The van der Waals surface area contributed by atoms with Crippen LogP contribution >= 0.6 is 0 Å². The Kier molecular flexibility index (Phi) is 19.8. The van der Waals surface area contributed by atoms with Crippen molar-refractivity contribution < 1.29 is 9.53 Å². The number of rotatable bonds is 24. The molecular weight excluding hydrogens is 440 g/mol. The van der Waals surface area contributed by atoms with Crippen molar-refractivity contribution in [3.63, 3.8) is 0 Å². The molecule has 0 fully saturated rings. The summed E-state index contributed by atoms with van der Waals surface area (Å²) in [6.07, 6.45) is 27.8. The summed E-state index contributed by atoms with van der Waals surface area (Å²) in [5.74, 6) is 0.676. The molecule has 1 aromatic carbocycles. The zero-order valence-corrected chi connectivity index (χ0v) is 24.7. The number of aryl methyl sites for hydroxylation is 1. The lowest BCUT2D eigenvalue weighted by atomic mass is 9.79.